The number of nitrogens with zero attached hydrogens (tertiary/aromatic N) is 2. The Balaban J connectivity index is 1.69. The van der Waals surface area contributed by atoms with Crippen LogP contribution in [0.5, 0.6) is 0 Å². The van der Waals surface area contributed by atoms with Crippen LogP contribution in [0.4, 0.5) is 5.69 Å². The summed E-state index contributed by atoms with van der Waals surface area (Å²) in [5.74, 6) is 0.0733. The van der Waals surface area contributed by atoms with E-state index < -0.39 is 0 Å². The summed E-state index contributed by atoms with van der Waals surface area (Å²) in [5, 5.41) is 16.0. The highest BCUT2D eigenvalue weighted by Gasteiger charge is 2.01. The van der Waals surface area contributed by atoms with Crippen LogP contribution in [-0.4, -0.2) is 16.0 Å². The van der Waals surface area contributed by atoms with E-state index in [4.69, 9.17) is 10.9 Å². The van der Waals surface area contributed by atoms with Gasteiger partial charge in [0.2, 0.25) is 0 Å². The highest BCUT2D eigenvalue weighted by molar-refractivity contribution is 5.94. The molecule has 4 N–H and O–H groups in total. The van der Waals surface area contributed by atoms with Gasteiger partial charge in [-0.05, 0) is 29.3 Å². The first kappa shape index (κ1) is 15.6. The molecule has 1 heterocycles. The molecule has 0 fully saturated rings. The highest BCUT2D eigenvalue weighted by atomic mass is 16.4. The lowest BCUT2D eigenvalue weighted by Gasteiger charge is -2.09. The topological polar surface area (TPSA) is 83.5 Å². The van der Waals surface area contributed by atoms with Crippen molar-refractivity contribution in [3.63, 3.8) is 0 Å². The molecule has 5 heteroatoms. The van der Waals surface area contributed by atoms with E-state index in [0.717, 1.165) is 27.7 Å². The molecule has 0 radical (unpaired) electrons. The predicted molar refractivity (Wildman–Crippen MR) is 98.0 cm³/mol. The van der Waals surface area contributed by atoms with Crippen LogP contribution in [0.2, 0.25) is 0 Å². The van der Waals surface area contributed by atoms with Crippen LogP contribution in [-0.2, 0) is 6.54 Å². The second-order valence-electron chi connectivity index (χ2n) is 5.33. The van der Waals surface area contributed by atoms with Crippen molar-refractivity contribution >= 4 is 28.5 Å². The van der Waals surface area contributed by atoms with E-state index in [2.05, 4.69) is 27.6 Å². The van der Waals surface area contributed by atoms with Crippen LogP contribution in [0.3, 0.4) is 0 Å². The molecule has 0 saturated carbocycles. The summed E-state index contributed by atoms with van der Waals surface area (Å²) in [5.41, 5.74) is 9.53. The van der Waals surface area contributed by atoms with E-state index in [9.17, 15) is 0 Å². The fourth-order valence-electron chi connectivity index (χ4n) is 2.41. The molecule has 0 spiro atoms. The maximum Gasteiger partial charge on any atom is 0.162 e. The van der Waals surface area contributed by atoms with Crippen LogP contribution < -0.4 is 11.1 Å². The number of oxime groups is 1. The number of amidine groups is 1. The van der Waals surface area contributed by atoms with Crippen molar-refractivity contribution in [3.05, 3.63) is 78.0 Å². The van der Waals surface area contributed by atoms with Crippen molar-refractivity contribution in [2.24, 2.45) is 10.9 Å². The molecule has 0 unspecified atom stereocenters. The molecule has 3 aromatic rings. The van der Waals surface area contributed by atoms with Gasteiger partial charge in [-0.2, -0.15) is 0 Å². The van der Waals surface area contributed by atoms with Gasteiger partial charge >= 0.3 is 0 Å². The molecule has 0 saturated heterocycles. The molecular formula is C19H18N4O. The number of aromatic nitrogens is 1. The minimum Gasteiger partial charge on any atom is -0.409 e. The molecule has 3 rings (SSSR count). The Labute approximate surface area is 140 Å². The van der Waals surface area contributed by atoms with E-state index >= 15 is 0 Å². The molecule has 0 aliphatic rings. The van der Waals surface area contributed by atoms with E-state index in [-0.39, 0.29) is 5.84 Å². The van der Waals surface area contributed by atoms with Crippen LogP contribution in [0.25, 0.3) is 17.0 Å². The smallest absolute Gasteiger partial charge is 0.162 e. The van der Waals surface area contributed by atoms with Crippen molar-refractivity contribution in [1.82, 2.24) is 4.98 Å². The first-order chi connectivity index (χ1) is 11.8. The lowest BCUT2D eigenvalue weighted by Crippen LogP contribution is -2.06. The van der Waals surface area contributed by atoms with E-state index in [1.807, 2.05) is 42.5 Å². The predicted octanol–water partition coefficient (Wildman–Crippen LogP) is 3.61. The molecule has 1 aromatic heterocycles. The number of hydrogen-bond donors (Lipinski definition) is 3. The Kier molecular flexibility index (Phi) is 4.72. The molecule has 0 bridgehead atoms. The minimum absolute atomic E-state index is 0.0733. The number of nitrogens with two attached hydrogens (primary N) is 1. The Hall–Kier alpha value is -3.34. The van der Waals surface area contributed by atoms with Gasteiger partial charge in [-0.15, -0.1) is 0 Å². The third-order valence-corrected chi connectivity index (χ3v) is 3.66. The summed E-state index contributed by atoms with van der Waals surface area (Å²) < 4.78 is 0. The van der Waals surface area contributed by atoms with Gasteiger partial charge < -0.3 is 16.3 Å². The zero-order valence-corrected chi connectivity index (χ0v) is 13.1. The van der Waals surface area contributed by atoms with Crippen LogP contribution in [0, 0.1) is 0 Å². The number of benzene rings is 2. The maximum atomic E-state index is 8.51. The number of anilines is 1. The normalized spacial score (nSPS) is 11.9. The standard InChI is InChI=1S/C19H18N4O/c20-18(23-24)11-10-14-6-8-15(9-7-14)13-22-17-5-1-3-16-4-2-12-21-19(16)17/h1-12,22,24H,13H2,(H2,20,23)/b11-10+. The fraction of sp³-hybridized carbons (Fsp3) is 0.0526. The summed E-state index contributed by atoms with van der Waals surface area (Å²) >= 11 is 0. The number of pyridine rings is 1. The number of hydrogen-bond acceptors (Lipinski definition) is 4. The molecule has 0 aliphatic carbocycles. The fourth-order valence-corrected chi connectivity index (χ4v) is 2.41. The third kappa shape index (κ3) is 3.70. The van der Waals surface area contributed by atoms with Gasteiger partial charge in [-0.3, -0.25) is 4.98 Å². The molecule has 120 valence electrons. The molecule has 0 aliphatic heterocycles. The van der Waals surface area contributed by atoms with Crippen molar-refractivity contribution in [3.8, 4) is 0 Å². The quantitative estimate of drug-likeness (QED) is 0.290. The largest absolute Gasteiger partial charge is 0.409 e. The summed E-state index contributed by atoms with van der Waals surface area (Å²) in [6.07, 6.45) is 5.14. The number of fused-ring (bicyclic) bond motifs is 1. The lowest BCUT2D eigenvalue weighted by atomic mass is 10.1. The van der Waals surface area contributed by atoms with Gasteiger partial charge in [0, 0.05) is 18.1 Å². The molecule has 0 atom stereocenters. The summed E-state index contributed by atoms with van der Waals surface area (Å²) in [7, 11) is 0. The third-order valence-electron chi connectivity index (χ3n) is 3.66. The zero-order chi connectivity index (χ0) is 16.8. The van der Waals surface area contributed by atoms with Crippen molar-refractivity contribution in [1.29, 1.82) is 0 Å². The summed E-state index contributed by atoms with van der Waals surface area (Å²) in [6, 6.07) is 18.1. The molecule has 24 heavy (non-hydrogen) atoms. The summed E-state index contributed by atoms with van der Waals surface area (Å²) in [4.78, 5) is 4.44. The number of rotatable bonds is 5. The first-order valence-electron chi connectivity index (χ1n) is 7.58. The molecular weight excluding hydrogens is 300 g/mol. The Bertz CT molecular complexity index is 880. The van der Waals surface area contributed by atoms with Gasteiger partial charge in [-0.25, -0.2) is 0 Å². The second-order valence-corrected chi connectivity index (χ2v) is 5.33. The Morgan fingerprint density at radius 3 is 2.71 bits per heavy atom. The van der Waals surface area contributed by atoms with Crippen LogP contribution in [0.15, 0.2) is 72.0 Å². The first-order valence-corrected chi connectivity index (χ1v) is 7.58. The lowest BCUT2D eigenvalue weighted by molar-refractivity contribution is 0.319. The average molecular weight is 318 g/mol. The van der Waals surface area contributed by atoms with Crippen molar-refractivity contribution < 1.29 is 5.21 Å². The maximum absolute atomic E-state index is 8.51. The minimum atomic E-state index is 0.0733. The van der Waals surface area contributed by atoms with Crippen LogP contribution >= 0.6 is 0 Å². The highest BCUT2D eigenvalue weighted by Crippen LogP contribution is 2.21. The van der Waals surface area contributed by atoms with E-state index in [1.54, 1.807) is 18.3 Å². The van der Waals surface area contributed by atoms with Gasteiger partial charge in [0.1, 0.15) is 0 Å². The Morgan fingerprint density at radius 1 is 1.12 bits per heavy atom. The number of nitrogens with one attached hydrogen (secondary N) is 1. The van der Waals surface area contributed by atoms with Gasteiger partial charge in [-0.1, -0.05) is 53.7 Å². The zero-order valence-electron chi connectivity index (χ0n) is 13.1. The SMILES string of the molecule is NC(/C=C/c1ccc(CNc2cccc3cccnc23)cc1)=NO. The van der Waals surface area contributed by atoms with Gasteiger partial charge in [0.05, 0.1) is 11.2 Å². The van der Waals surface area contributed by atoms with Gasteiger partial charge in [0.25, 0.3) is 0 Å². The number of para-hydroxylation sites is 1. The van der Waals surface area contributed by atoms with Crippen molar-refractivity contribution in [2.75, 3.05) is 5.32 Å². The second kappa shape index (κ2) is 7.28. The molecule has 0 amide bonds. The average Bonchev–Trinajstić information content (AvgIpc) is 2.65. The molecule has 5 nitrogen and oxygen atoms in total. The van der Waals surface area contributed by atoms with E-state index in [1.165, 1.54) is 0 Å². The van der Waals surface area contributed by atoms with Crippen LogP contribution in [0.1, 0.15) is 11.1 Å². The Morgan fingerprint density at radius 2 is 1.92 bits per heavy atom. The van der Waals surface area contributed by atoms with Crippen molar-refractivity contribution in [2.45, 2.75) is 6.54 Å². The monoisotopic (exact) mass is 318 g/mol. The van der Waals surface area contributed by atoms with Gasteiger partial charge in [0.15, 0.2) is 5.84 Å². The van der Waals surface area contributed by atoms with E-state index in [0.29, 0.717) is 6.54 Å². The molecule has 2 aromatic carbocycles. The summed E-state index contributed by atoms with van der Waals surface area (Å²) in [6.45, 7) is 0.708.